The van der Waals surface area contributed by atoms with Gasteiger partial charge in [-0.25, -0.2) is 10.4 Å². The average Bonchev–Trinajstić information content (AvgIpc) is 3.09. The van der Waals surface area contributed by atoms with E-state index in [4.69, 9.17) is 22.1 Å². The zero-order valence-corrected chi connectivity index (χ0v) is 16.8. The molecule has 3 N–H and O–H groups in total. The first-order chi connectivity index (χ1) is 13.5. The minimum Gasteiger partial charge on any atom is -0.489 e. The van der Waals surface area contributed by atoms with Crippen molar-refractivity contribution in [3.05, 3.63) is 75.3 Å². The van der Waals surface area contributed by atoms with Crippen LogP contribution in [0.25, 0.3) is 0 Å². The molecule has 0 radical (unpaired) electrons. The lowest BCUT2D eigenvalue weighted by molar-refractivity contribution is 0.0958. The van der Waals surface area contributed by atoms with E-state index in [2.05, 4.69) is 15.5 Å². The van der Waals surface area contributed by atoms with Crippen molar-refractivity contribution in [1.29, 1.82) is 0 Å². The van der Waals surface area contributed by atoms with E-state index in [1.165, 1.54) is 0 Å². The number of nitrogens with one attached hydrogen (secondary N) is 1. The molecule has 8 heteroatoms. The van der Waals surface area contributed by atoms with Crippen LogP contribution >= 0.6 is 22.9 Å². The summed E-state index contributed by atoms with van der Waals surface area (Å²) in [4.78, 5) is 16.9. The van der Waals surface area contributed by atoms with Crippen molar-refractivity contribution in [2.75, 3.05) is 5.73 Å². The minimum atomic E-state index is -0.322. The van der Waals surface area contributed by atoms with Crippen molar-refractivity contribution in [2.45, 2.75) is 20.0 Å². The van der Waals surface area contributed by atoms with Crippen LogP contribution in [0.1, 0.15) is 33.4 Å². The van der Waals surface area contributed by atoms with Crippen molar-refractivity contribution in [3.8, 4) is 5.75 Å². The number of benzene rings is 2. The van der Waals surface area contributed by atoms with E-state index in [0.717, 1.165) is 22.5 Å². The summed E-state index contributed by atoms with van der Waals surface area (Å²) in [5.41, 5.74) is 10.7. The maximum atomic E-state index is 12.2. The summed E-state index contributed by atoms with van der Waals surface area (Å²) >= 11 is 7.04. The van der Waals surface area contributed by atoms with Crippen molar-refractivity contribution in [1.82, 2.24) is 10.4 Å². The van der Waals surface area contributed by atoms with E-state index in [-0.39, 0.29) is 5.91 Å². The van der Waals surface area contributed by atoms with Crippen LogP contribution in [0.4, 0.5) is 5.13 Å². The molecule has 0 bridgehead atoms. The Hall–Kier alpha value is -2.90. The third kappa shape index (κ3) is 5.31. The predicted octanol–water partition coefficient (Wildman–Crippen LogP) is 4.28. The number of halogens is 1. The van der Waals surface area contributed by atoms with Crippen molar-refractivity contribution >= 4 is 40.2 Å². The highest BCUT2D eigenvalue weighted by atomic mass is 35.5. The molecule has 28 heavy (non-hydrogen) atoms. The van der Waals surface area contributed by atoms with Gasteiger partial charge in [-0.1, -0.05) is 54.1 Å². The van der Waals surface area contributed by atoms with Gasteiger partial charge in [0.1, 0.15) is 17.2 Å². The molecular weight excluding hydrogens is 396 g/mol. The van der Waals surface area contributed by atoms with Gasteiger partial charge < -0.3 is 10.5 Å². The summed E-state index contributed by atoms with van der Waals surface area (Å²) in [7, 11) is 0. The molecule has 1 heterocycles. The highest BCUT2D eigenvalue weighted by Crippen LogP contribution is 2.20. The Kier molecular flexibility index (Phi) is 6.62. The summed E-state index contributed by atoms with van der Waals surface area (Å²) in [6.45, 7) is 2.35. The lowest BCUT2D eigenvalue weighted by Gasteiger charge is -2.07. The van der Waals surface area contributed by atoms with Gasteiger partial charge >= 0.3 is 0 Å². The molecule has 2 aromatic carbocycles. The minimum absolute atomic E-state index is 0.322. The number of aromatic nitrogens is 1. The summed E-state index contributed by atoms with van der Waals surface area (Å²) in [6, 6.07) is 14.9. The number of aryl methyl sites for hydroxylation is 1. The van der Waals surface area contributed by atoms with Gasteiger partial charge in [-0.3, -0.25) is 4.79 Å². The number of nitrogen functional groups attached to an aromatic ring is 1. The number of thiazole rings is 1. The molecule has 0 unspecified atom stereocenters. The van der Waals surface area contributed by atoms with Crippen molar-refractivity contribution in [3.63, 3.8) is 0 Å². The van der Waals surface area contributed by atoms with E-state index in [9.17, 15) is 4.79 Å². The van der Waals surface area contributed by atoms with Crippen LogP contribution in [-0.4, -0.2) is 17.1 Å². The zero-order chi connectivity index (χ0) is 19.9. The first-order valence-corrected chi connectivity index (χ1v) is 9.80. The Bertz CT molecular complexity index is 986. The highest BCUT2D eigenvalue weighted by molar-refractivity contribution is 7.17. The SMILES string of the molecule is CCc1nc(N)sc1C(=O)NN=Cc1cccc(OCc2ccc(Cl)cc2)c1. The van der Waals surface area contributed by atoms with Crippen LogP contribution in [0.15, 0.2) is 53.6 Å². The molecule has 3 aromatic rings. The Morgan fingerprint density at radius 3 is 2.86 bits per heavy atom. The number of hydrazone groups is 1. The standard InChI is InChI=1S/C20H19ClN4O2S/c1-2-17-18(28-20(22)24-17)19(26)25-23-11-14-4-3-5-16(10-14)27-12-13-6-8-15(21)9-7-13/h3-11H,2,12H2,1H3,(H2,22,24)(H,25,26). The number of carbonyl (C=O) groups excluding carboxylic acids is 1. The molecule has 3 rings (SSSR count). The lowest BCUT2D eigenvalue weighted by Crippen LogP contribution is -2.17. The number of rotatable bonds is 7. The fourth-order valence-electron chi connectivity index (χ4n) is 2.44. The first-order valence-electron chi connectivity index (χ1n) is 8.61. The van der Waals surface area contributed by atoms with Gasteiger partial charge in [0.15, 0.2) is 5.13 Å². The largest absolute Gasteiger partial charge is 0.489 e. The fourth-order valence-corrected chi connectivity index (χ4v) is 3.37. The molecule has 6 nitrogen and oxygen atoms in total. The number of nitrogens with two attached hydrogens (primary N) is 1. The number of anilines is 1. The molecule has 1 amide bonds. The summed E-state index contributed by atoms with van der Waals surface area (Å²) < 4.78 is 5.79. The van der Waals surface area contributed by atoms with Gasteiger partial charge in [0.2, 0.25) is 0 Å². The van der Waals surface area contributed by atoms with Crippen LogP contribution in [-0.2, 0) is 13.0 Å². The number of nitrogens with zero attached hydrogens (tertiary/aromatic N) is 2. The Labute approximate surface area is 172 Å². The molecule has 144 valence electrons. The van der Waals surface area contributed by atoms with Gasteiger partial charge in [-0.15, -0.1) is 0 Å². The van der Waals surface area contributed by atoms with Crippen LogP contribution in [0.5, 0.6) is 5.75 Å². The Morgan fingerprint density at radius 2 is 2.11 bits per heavy atom. The number of amides is 1. The maximum Gasteiger partial charge on any atom is 0.283 e. The molecule has 0 saturated heterocycles. The molecule has 0 aliphatic heterocycles. The smallest absolute Gasteiger partial charge is 0.283 e. The molecule has 0 fully saturated rings. The van der Waals surface area contributed by atoms with E-state index in [1.54, 1.807) is 6.21 Å². The average molecular weight is 415 g/mol. The third-order valence-electron chi connectivity index (χ3n) is 3.81. The Balaban J connectivity index is 1.59. The second kappa shape index (κ2) is 9.34. The third-order valence-corrected chi connectivity index (χ3v) is 4.99. The molecular formula is C20H19ClN4O2S. The summed E-state index contributed by atoms with van der Waals surface area (Å²) in [5.74, 6) is 0.381. The number of ether oxygens (including phenoxy) is 1. The molecule has 0 aliphatic rings. The second-order valence-corrected chi connectivity index (χ2v) is 7.34. The van der Waals surface area contributed by atoms with Gasteiger partial charge in [-0.2, -0.15) is 5.10 Å². The monoisotopic (exact) mass is 414 g/mol. The molecule has 0 saturated carbocycles. The van der Waals surface area contributed by atoms with E-state index >= 15 is 0 Å². The fraction of sp³-hybridized carbons (Fsp3) is 0.150. The maximum absolute atomic E-state index is 12.2. The number of hydrogen-bond donors (Lipinski definition) is 2. The quantitative estimate of drug-likeness (QED) is 0.446. The normalized spacial score (nSPS) is 10.9. The number of hydrogen-bond acceptors (Lipinski definition) is 6. The van der Waals surface area contributed by atoms with Crippen LogP contribution < -0.4 is 15.9 Å². The Morgan fingerprint density at radius 1 is 1.32 bits per heavy atom. The van der Waals surface area contributed by atoms with Crippen LogP contribution in [0, 0.1) is 0 Å². The van der Waals surface area contributed by atoms with Crippen LogP contribution in [0.2, 0.25) is 5.02 Å². The van der Waals surface area contributed by atoms with Crippen molar-refractivity contribution < 1.29 is 9.53 Å². The van der Waals surface area contributed by atoms with Gasteiger partial charge in [0, 0.05) is 5.02 Å². The summed E-state index contributed by atoms with van der Waals surface area (Å²) in [6.07, 6.45) is 2.19. The zero-order valence-electron chi connectivity index (χ0n) is 15.2. The highest BCUT2D eigenvalue weighted by Gasteiger charge is 2.15. The van der Waals surface area contributed by atoms with Crippen LogP contribution in [0.3, 0.4) is 0 Å². The summed E-state index contributed by atoms with van der Waals surface area (Å²) in [5, 5.41) is 5.08. The topological polar surface area (TPSA) is 89.6 Å². The predicted molar refractivity (Wildman–Crippen MR) is 113 cm³/mol. The van der Waals surface area contributed by atoms with Gasteiger partial charge in [0.25, 0.3) is 5.91 Å². The number of carbonyl (C=O) groups is 1. The second-order valence-electron chi connectivity index (χ2n) is 5.87. The van der Waals surface area contributed by atoms with Gasteiger partial charge in [0.05, 0.1) is 11.9 Å². The van der Waals surface area contributed by atoms with Gasteiger partial charge in [-0.05, 0) is 41.8 Å². The molecule has 0 atom stereocenters. The lowest BCUT2D eigenvalue weighted by atomic mass is 10.2. The first kappa shape index (κ1) is 19.9. The molecule has 1 aromatic heterocycles. The van der Waals surface area contributed by atoms with E-state index < -0.39 is 0 Å². The van der Waals surface area contributed by atoms with Crippen molar-refractivity contribution in [2.24, 2.45) is 5.10 Å². The van der Waals surface area contributed by atoms with E-state index in [1.807, 2.05) is 55.5 Å². The molecule has 0 aliphatic carbocycles. The molecule has 0 spiro atoms. The van der Waals surface area contributed by atoms with E-state index in [0.29, 0.717) is 39.5 Å².